The van der Waals surface area contributed by atoms with Gasteiger partial charge in [0, 0.05) is 63.1 Å². The molecule has 0 radical (unpaired) electrons. The first-order valence-electron chi connectivity index (χ1n) is 7.51. The highest BCUT2D eigenvalue weighted by Crippen LogP contribution is 2.29. The van der Waals surface area contributed by atoms with E-state index in [2.05, 4.69) is 14.8 Å². The molecule has 2 saturated heterocycles. The molecule has 1 unspecified atom stereocenters. The highest BCUT2D eigenvalue weighted by molar-refractivity contribution is 7.13. The van der Waals surface area contributed by atoms with E-state index in [0.717, 1.165) is 63.9 Å². The molecule has 3 rings (SSSR count). The molecule has 2 fully saturated rings. The van der Waals surface area contributed by atoms with Crippen LogP contribution in [0.1, 0.15) is 19.3 Å². The van der Waals surface area contributed by atoms with Crippen molar-refractivity contribution in [2.75, 3.05) is 50.8 Å². The molecule has 0 spiro atoms. The second kappa shape index (κ2) is 6.39. The zero-order chi connectivity index (χ0) is 13.8. The molecule has 0 aliphatic carbocycles. The molecule has 20 heavy (non-hydrogen) atoms. The van der Waals surface area contributed by atoms with Crippen LogP contribution in [0.2, 0.25) is 0 Å². The number of piperazine rings is 1. The summed E-state index contributed by atoms with van der Waals surface area (Å²) in [5, 5.41) is 3.20. The number of anilines is 1. The van der Waals surface area contributed by atoms with E-state index < -0.39 is 0 Å². The number of aromatic nitrogens is 1. The van der Waals surface area contributed by atoms with Gasteiger partial charge in [-0.05, 0) is 19.3 Å². The van der Waals surface area contributed by atoms with E-state index >= 15 is 0 Å². The number of rotatable bonds is 3. The Morgan fingerprint density at radius 2 is 2.10 bits per heavy atom. The monoisotopic (exact) mass is 296 g/mol. The zero-order valence-corrected chi connectivity index (χ0v) is 12.8. The van der Waals surface area contributed by atoms with Crippen molar-refractivity contribution in [2.24, 2.45) is 5.73 Å². The van der Waals surface area contributed by atoms with Gasteiger partial charge in [0.15, 0.2) is 5.13 Å². The SMILES string of the molecule is NCC1(N2CCN(c3nccs3)CC2)CCCOCC1. The zero-order valence-electron chi connectivity index (χ0n) is 12.0. The first kappa shape index (κ1) is 14.3. The van der Waals surface area contributed by atoms with Crippen LogP contribution in [0.15, 0.2) is 11.6 Å². The summed E-state index contributed by atoms with van der Waals surface area (Å²) in [7, 11) is 0. The molecular formula is C14H24N4OS. The third-order valence-corrected chi connectivity index (χ3v) is 5.50. The van der Waals surface area contributed by atoms with Crippen molar-refractivity contribution in [3.63, 3.8) is 0 Å². The molecule has 2 aliphatic rings. The van der Waals surface area contributed by atoms with Crippen molar-refractivity contribution >= 4 is 16.5 Å². The second-order valence-electron chi connectivity index (χ2n) is 5.68. The summed E-state index contributed by atoms with van der Waals surface area (Å²) in [5.74, 6) is 0. The molecule has 5 nitrogen and oxygen atoms in total. The summed E-state index contributed by atoms with van der Waals surface area (Å²) in [5.41, 5.74) is 6.30. The third kappa shape index (κ3) is 2.83. The molecule has 1 aromatic heterocycles. The smallest absolute Gasteiger partial charge is 0.185 e. The van der Waals surface area contributed by atoms with Gasteiger partial charge in [-0.2, -0.15) is 0 Å². The quantitative estimate of drug-likeness (QED) is 0.907. The molecule has 112 valence electrons. The Kier molecular flexibility index (Phi) is 4.55. The van der Waals surface area contributed by atoms with Gasteiger partial charge >= 0.3 is 0 Å². The first-order valence-corrected chi connectivity index (χ1v) is 8.39. The van der Waals surface area contributed by atoms with E-state index in [-0.39, 0.29) is 5.54 Å². The summed E-state index contributed by atoms with van der Waals surface area (Å²) in [6.07, 6.45) is 5.25. The number of ether oxygens (including phenoxy) is 1. The Bertz CT molecular complexity index is 395. The predicted molar refractivity (Wildman–Crippen MR) is 82.4 cm³/mol. The van der Waals surface area contributed by atoms with Gasteiger partial charge in [-0.15, -0.1) is 11.3 Å². The molecule has 2 aliphatic heterocycles. The van der Waals surface area contributed by atoms with Crippen LogP contribution < -0.4 is 10.6 Å². The Morgan fingerprint density at radius 1 is 1.25 bits per heavy atom. The minimum absolute atomic E-state index is 0.158. The van der Waals surface area contributed by atoms with Gasteiger partial charge in [-0.3, -0.25) is 4.90 Å². The van der Waals surface area contributed by atoms with Crippen LogP contribution in [-0.4, -0.2) is 61.4 Å². The van der Waals surface area contributed by atoms with Crippen molar-refractivity contribution in [2.45, 2.75) is 24.8 Å². The molecule has 0 amide bonds. The predicted octanol–water partition coefficient (Wildman–Crippen LogP) is 1.16. The second-order valence-corrected chi connectivity index (χ2v) is 6.56. The first-order chi connectivity index (χ1) is 9.84. The lowest BCUT2D eigenvalue weighted by Gasteiger charge is -2.47. The van der Waals surface area contributed by atoms with Crippen molar-refractivity contribution in [3.05, 3.63) is 11.6 Å². The van der Waals surface area contributed by atoms with Gasteiger partial charge in [0.05, 0.1) is 0 Å². The maximum atomic E-state index is 6.15. The van der Waals surface area contributed by atoms with E-state index in [4.69, 9.17) is 10.5 Å². The molecule has 0 bridgehead atoms. The van der Waals surface area contributed by atoms with Gasteiger partial charge in [0.25, 0.3) is 0 Å². The van der Waals surface area contributed by atoms with E-state index in [0.29, 0.717) is 0 Å². The Hall–Kier alpha value is -0.690. The molecule has 0 saturated carbocycles. The molecule has 1 atom stereocenters. The summed E-state index contributed by atoms with van der Waals surface area (Å²) in [6.45, 7) is 6.75. The average molecular weight is 296 g/mol. The van der Waals surface area contributed by atoms with Crippen LogP contribution in [0, 0.1) is 0 Å². The van der Waals surface area contributed by atoms with Crippen LogP contribution in [0.4, 0.5) is 5.13 Å². The van der Waals surface area contributed by atoms with Gasteiger partial charge < -0.3 is 15.4 Å². The summed E-state index contributed by atoms with van der Waals surface area (Å²) in [4.78, 5) is 9.40. The lowest BCUT2D eigenvalue weighted by atomic mass is 9.88. The summed E-state index contributed by atoms with van der Waals surface area (Å²) < 4.78 is 5.62. The lowest BCUT2D eigenvalue weighted by molar-refractivity contribution is 0.0619. The molecule has 2 N–H and O–H groups in total. The van der Waals surface area contributed by atoms with Gasteiger partial charge in [-0.1, -0.05) is 0 Å². The normalized spacial score (nSPS) is 29.4. The fourth-order valence-corrected chi connectivity index (χ4v) is 4.08. The van der Waals surface area contributed by atoms with E-state index in [1.165, 1.54) is 6.42 Å². The number of thiazole rings is 1. The van der Waals surface area contributed by atoms with Crippen LogP contribution in [0.3, 0.4) is 0 Å². The standard InChI is InChI=1S/C14H24N4OS/c15-12-14(2-1-9-19-10-3-14)18-7-5-17(6-8-18)13-16-4-11-20-13/h4,11H,1-3,5-10,12,15H2. The van der Waals surface area contributed by atoms with E-state index in [1.807, 2.05) is 11.6 Å². The van der Waals surface area contributed by atoms with Crippen LogP contribution >= 0.6 is 11.3 Å². The summed E-state index contributed by atoms with van der Waals surface area (Å²) in [6, 6.07) is 0. The average Bonchev–Trinajstić information content (AvgIpc) is 2.93. The fourth-order valence-electron chi connectivity index (χ4n) is 3.39. The number of hydrogen-bond donors (Lipinski definition) is 1. The molecular weight excluding hydrogens is 272 g/mol. The topological polar surface area (TPSA) is 54.6 Å². The maximum Gasteiger partial charge on any atom is 0.185 e. The fraction of sp³-hybridized carbons (Fsp3) is 0.786. The maximum absolute atomic E-state index is 6.15. The summed E-state index contributed by atoms with van der Waals surface area (Å²) >= 11 is 1.73. The minimum Gasteiger partial charge on any atom is -0.381 e. The van der Waals surface area contributed by atoms with Crippen LogP contribution in [0.25, 0.3) is 0 Å². The highest BCUT2D eigenvalue weighted by atomic mass is 32.1. The van der Waals surface area contributed by atoms with Crippen LogP contribution in [-0.2, 0) is 4.74 Å². The Morgan fingerprint density at radius 3 is 2.80 bits per heavy atom. The van der Waals surface area contributed by atoms with Crippen LogP contribution in [0.5, 0.6) is 0 Å². The van der Waals surface area contributed by atoms with Gasteiger partial charge in [-0.25, -0.2) is 4.98 Å². The number of nitrogens with zero attached hydrogens (tertiary/aromatic N) is 3. The van der Waals surface area contributed by atoms with Crippen molar-refractivity contribution in [3.8, 4) is 0 Å². The molecule has 3 heterocycles. The number of nitrogens with two attached hydrogens (primary N) is 1. The Labute approximate surface area is 124 Å². The largest absolute Gasteiger partial charge is 0.381 e. The number of hydrogen-bond acceptors (Lipinski definition) is 6. The van der Waals surface area contributed by atoms with Crippen molar-refractivity contribution < 1.29 is 4.74 Å². The van der Waals surface area contributed by atoms with E-state index in [9.17, 15) is 0 Å². The van der Waals surface area contributed by atoms with Gasteiger partial charge in [0.2, 0.25) is 0 Å². The third-order valence-electron chi connectivity index (χ3n) is 4.66. The molecule has 6 heteroatoms. The Balaban J connectivity index is 1.63. The van der Waals surface area contributed by atoms with Gasteiger partial charge in [0.1, 0.15) is 0 Å². The lowest BCUT2D eigenvalue weighted by Crippen LogP contribution is -2.60. The van der Waals surface area contributed by atoms with E-state index in [1.54, 1.807) is 11.3 Å². The molecule has 1 aromatic rings. The molecule has 0 aromatic carbocycles. The minimum atomic E-state index is 0.158. The van der Waals surface area contributed by atoms with Crippen molar-refractivity contribution in [1.29, 1.82) is 0 Å². The van der Waals surface area contributed by atoms with Crippen molar-refractivity contribution in [1.82, 2.24) is 9.88 Å². The highest BCUT2D eigenvalue weighted by Gasteiger charge is 2.37.